The van der Waals surface area contributed by atoms with Gasteiger partial charge in [-0.05, 0) is 0 Å². The molecule has 0 aliphatic heterocycles. The third-order valence-corrected chi connectivity index (χ3v) is 3.15. The Morgan fingerprint density at radius 3 is 1.12 bits per heavy atom. The van der Waals surface area contributed by atoms with Crippen LogP contribution in [0.25, 0.3) is 0 Å². The number of rotatable bonds is 0. The third kappa shape index (κ3) is 5.34. The molecule has 0 N–H and O–H groups in total. The molecule has 0 saturated carbocycles. The smallest absolute Gasteiger partial charge is 0.250 e. The summed E-state index contributed by atoms with van der Waals surface area (Å²) >= 11 is 0. The Morgan fingerprint density at radius 1 is 0.765 bits per heavy atom. The maximum atomic E-state index is 3.24. The van der Waals surface area contributed by atoms with Crippen molar-refractivity contribution < 1.29 is 26.2 Å². The van der Waals surface area contributed by atoms with Gasteiger partial charge in [-0.15, -0.1) is 0 Å². The summed E-state index contributed by atoms with van der Waals surface area (Å²) in [4.78, 5) is 0. The molecule has 0 nitrogen and oxygen atoms in total. The Morgan fingerprint density at radius 2 is 1.06 bits per heavy atom. The van der Waals surface area contributed by atoms with Crippen LogP contribution in [0.3, 0.4) is 0 Å². The number of hydrogen-bond donors (Lipinski definition) is 0. The van der Waals surface area contributed by atoms with Crippen molar-refractivity contribution >= 4 is 0 Å². The quantitative estimate of drug-likeness (QED) is 0.571. The van der Waals surface area contributed by atoms with E-state index in [0.717, 1.165) is 0 Å². The zero-order valence-electron chi connectivity index (χ0n) is 11.8. The average molecular weight is 306 g/mol. The summed E-state index contributed by atoms with van der Waals surface area (Å²) in [7, 11) is 0. The Hall–Kier alpha value is -0.157. The minimum atomic E-state index is 0. The number of hydrogen-bond acceptors (Lipinski definition) is 0. The normalized spacial score (nSPS) is 26.0. The first kappa shape index (κ1) is 16.8. The summed E-state index contributed by atoms with van der Waals surface area (Å²) in [5.41, 5.74) is 5.30. The Balaban J connectivity index is 0.000000284. The van der Waals surface area contributed by atoms with Gasteiger partial charge in [0.25, 0.3) is 0 Å². The predicted octanol–water partition coefficient (Wildman–Crippen LogP) is 4.66. The van der Waals surface area contributed by atoms with Crippen LogP contribution in [-0.4, -0.2) is 0 Å². The second-order valence-corrected chi connectivity index (χ2v) is 4.89. The molecule has 0 bridgehead atoms. The minimum absolute atomic E-state index is 0. The van der Waals surface area contributed by atoms with Crippen LogP contribution in [0.5, 0.6) is 0 Å². The van der Waals surface area contributed by atoms with E-state index in [1.165, 1.54) is 22.3 Å². The second-order valence-electron chi connectivity index (χ2n) is 4.89. The molecular formula is C16H22Zr. The zero-order valence-corrected chi connectivity index (χ0v) is 14.3. The van der Waals surface area contributed by atoms with Gasteiger partial charge in [0.05, 0.1) is 0 Å². The van der Waals surface area contributed by atoms with E-state index in [-0.39, 0.29) is 26.2 Å². The maximum absolute atomic E-state index is 3.24. The topological polar surface area (TPSA) is 0 Å². The predicted molar refractivity (Wildman–Crippen MR) is 70.7 cm³/mol. The van der Waals surface area contributed by atoms with Crippen LogP contribution in [0.2, 0.25) is 0 Å². The molecule has 90 valence electrons. The van der Waals surface area contributed by atoms with Crippen LogP contribution in [0.1, 0.15) is 41.5 Å². The molecule has 0 saturated heterocycles. The Labute approximate surface area is 126 Å². The van der Waals surface area contributed by atoms with Gasteiger partial charge < -0.3 is 0 Å². The van der Waals surface area contributed by atoms with Crippen molar-refractivity contribution in [3.8, 4) is 0 Å². The largest absolute Gasteiger partial charge is 2.00 e. The monoisotopic (exact) mass is 304 g/mol. The van der Waals surface area contributed by atoms with Crippen molar-refractivity contribution in [1.29, 1.82) is 0 Å². The van der Waals surface area contributed by atoms with Crippen molar-refractivity contribution in [2.45, 2.75) is 41.5 Å². The fourth-order valence-electron chi connectivity index (χ4n) is 1.93. The van der Waals surface area contributed by atoms with Gasteiger partial charge in [0.2, 0.25) is 0 Å². The van der Waals surface area contributed by atoms with Crippen LogP contribution in [-0.2, 0) is 26.2 Å². The van der Waals surface area contributed by atoms with Crippen molar-refractivity contribution in [3.05, 3.63) is 46.6 Å². The molecule has 17 heavy (non-hydrogen) atoms. The van der Waals surface area contributed by atoms with Gasteiger partial charge in [0, 0.05) is 0 Å². The molecule has 0 aromatic carbocycles. The first-order valence-corrected chi connectivity index (χ1v) is 5.98. The van der Waals surface area contributed by atoms with E-state index < -0.39 is 0 Å². The van der Waals surface area contributed by atoms with Crippen LogP contribution in [0.15, 0.2) is 34.4 Å². The van der Waals surface area contributed by atoms with Gasteiger partial charge in [0.1, 0.15) is 0 Å². The summed E-state index contributed by atoms with van der Waals surface area (Å²) in [6.07, 6.45) is 11.0. The van der Waals surface area contributed by atoms with E-state index >= 15 is 0 Å². The molecular weight excluding hydrogens is 283 g/mol. The van der Waals surface area contributed by atoms with Crippen molar-refractivity contribution in [2.24, 2.45) is 11.8 Å². The first-order valence-electron chi connectivity index (χ1n) is 5.98. The van der Waals surface area contributed by atoms with Gasteiger partial charge in [-0.2, -0.15) is 11.1 Å². The van der Waals surface area contributed by atoms with E-state index in [1.54, 1.807) is 0 Å². The van der Waals surface area contributed by atoms with Gasteiger partial charge in [-0.1, -0.05) is 53.4 Å². The molecule has 2 unspecified atom stereocenters. The fourth-order valence-corrected chi connectivity index (χ4v) is 1.93. The molecule has 0 heterocycles. The molecule has 2 rings (SSSR count). The zero-order chi connectivity index (χ0) is 12.3. The van der Waals surface area contributed by atoms with Crippen LogP contribution < -0.4 is 0 Å². The van der Waals surface area contributed by atoms with Crippen molar-refractivity contribution in [2.75, 3.05) is 0 Å². The molecule has 0 amide bonds. The summed E-state index contributed by atoms with van der Waals surface area (Å²) < 4.78 is 0. The van der Waals surface area contributed by atoms with Crippen LogP contribution in [0.4, 0.5) is 0 Å². The molecule has 2 aliphatic rings. The average Bonchev–Trinajstić information content (AvgIpc) is 2.58. The van der Waals surface area contributed by atoms with Crippen LogP contribution in [0, 0.1) is 24.0 Å². The van der Waals surface area contributed by atoms with Crippen LogP contribution >= 0.6 is 0 Å². The maximum Gasteiger partial charge on any atom is 2.00 e. The summed E-state index contributed by atoms with van der Waals surface area (Å²) in [6, 6.07) is 0. The van der Waals surface area contributed by atoms with E-state index in [9.17, 15) is 0 Å². The summed E-state index contributed by atoms with van der Waals surface area (Å²) in [6.45, 7) is 12.8. The van der Waals surface area contributed by atoms with E-state index in [4.69, 9.17) is 0 Å². The van der Waals surface area contributed by atoms with E-state index in [2.05, 4.69) is 65.8 Å². The SMILES string of the molecule is CC1=[C-]C(C)=CC1C.CC1=[C-]C(C)=CC1C.[Zr+2]. The minimum Gasteiger partial charge on any atom is -0.250 e. The molecule has 0 aromatic rings. The first-order chi connectivity index (χ1) is 7.40. The van der Waals surface area contributed by atoms with Crippen molar-refractivity contribution in [1.82, 2.24) is 0 Å². The molecule has 0 aromatic heterocycles. The Kier molecular flexibility index (Phi) is 7.25. The Bertz CT molecular complexity index is 342. The standard InChI is InChI=1S/2C8H11.Zr/c2*1-6-4-7(2)8(3)5-6;/h2*4,7H,1-3H3;/q2*-1;+2. The molecule has 0 fully saturated rings. The summed E-state index contributed by atoms with van der Waals surface area (Å²) in [5, 5.41) is 0. The van der Waals surface area contributed by atoms with Gasteiger partial charge in [0.15, 0.2) is 0 Å². The summed E-state index contributed by atoms with van der Waals surface area (Å²) in [5.74, 6) is 1.27. The number of allylic oxidation sites excluding steroid dienone is 8. The molecule has 0 radical (unpaired) electrons. The molecule has 2 aliphatic carbocycles. The third-order valence-electron chi connectivity index (χ3n) is 3.15. The molecule has 0 spiro atoms. The van der Waals surface area contributed by atoms with E-state index in [0.29, 0.717) is 11.8 Å². The van der Waals surface area contributed by atoms with Crippen molar-refractivity contribution in [3.63, 3.8) is 0 Å². The van der Waals surface area contributed by atoms with Gasteiger partial charge in [-0.25, -0.2) is 35.5 Å². The van der Waals surface area contributed by atoms with E-state index in [1.807, 2.05) is 0 Å². The fraction of sp³-hybridized carbons (Fsp3) is 0.500. The second kappa shape index (κ2) is 7.32. The molecule has 2 atom stereocenters. The molecule has 1 heteroatoms. The van der Waals surface area contributed by atoms with Gasteiger partial charge in [-0.3, -0.25) is 0 Å². The van der Waals surface area contributed by atoms with Gasteiger partial charge >= 0.3 is 26.2 Å².